The second-order valence-electron chi connectivity index (χ2n) is 8.48. The molecule has 2 amide bonds. The number of hydrogen-bond acceptors (Lipinski definition) is 4. The van der Waals surface area contributed by atoms with E-state index in [1.165, 1.54) is 23.3 Å². The van der Waals surface area contributed by atoms with Crippen LogP contribution in [0, 0.1) is 12.8 Å². The highest BCUT2D eigenvalue weighted by molar-refractivity contribution is 5.94. The summed E-state index contributed by atoms with van der Waals surface area (Å²) >= 11 is 0. The molecule has 1 saturated heterocycles. The maximum absolute atomic E-state index is 13.1. The SMILES string of the molecule is Cc1c(C(C)NC(=O)C2CCCN(C(=O)c3ccoc3)C2)cnn1-c1cccc(C(F)(F)F)c1. The molecule has 0 bridgehead atoms. The number of halogens is 3. The van der Waals surface area contributed by atoms with Crippen LogP contribution in [0.3, 0.4) is 0 Å². The summed E-state index contributed by atoms with van der Waals surface area (Å²) in [5.41, 5.74) is 1.32. The molecule has 34 heavy (non-hydrogen) atoms. The number of alkyl halides is 3. The molecule has 0 saturated carbocycles. The summed E-state index contributed by atoms with van der Waals surface area (Å²) in [5.74, 6) is -0.702. The third-order valence-corrected chi connectivity index (χ3v) is 6.14. The molecule has 1 fully saturated rings. The van der Waals surface area contributed by atoms with Gasteiger partial charge in [0.1, 0.15) is 6.26 Å². The standard InChI is InChI=1S/C24H25F3N4O3/c1-15(21-12-28-31(16(21)2)20-7-3-6-19(11-20)24(25,26)27)29-22(32)17-5-4-9-30(13-17)23(33)18-8-10-34-14-18/h3,6-8,10-12,14-15,17H,4-5,9,13H2,1-2H3,(H,29,32). The summed E-state index contributed by atoms with van der Waals surface area (Å²) < 4.78 is 45.7. The summed E-state index contributed by atoms with van der Waals surface area (Å²) in [6.07, 6.45) is 1.30. The number of furan rings is 1. The molecule has 7 nitrogen and oxygen atoms in total. The van der Waals surface area contributed by atoms with Gasteiger partial charge in [-0.15, -0.1) is 0 Å². The van der Waals surface area contributed by atoms with Crippen LogP contribution >= 0.6 is 0 Å². The molecule has 1 N–H and O–H groups in total. The number of benzene rings is 1. The van der Waals surface area contributed by atoms with Gasteiger partial charge in [0.25, 0.3) is 5.91 Å². The van der Waals surface area contributed by atoms with Gasteiger partial charge in [-0.05, 0) is 51.0 Å². The minimum Gasteiger partial charge on any atom is -0.472 e. The zero-order chi connectivity index (χ0) is 24.5. The van der Waals surface area contributed by atoms with Crippen molar-refractivity contribution < 1.29 is 27.2 Å². The molecular formula is C24H25F3N4O3. The van der Waals surface area contributed by atoms with E-state index < -0.39 is 17.8 Å². The summed E-state index contributed by atoms with van der Waals surface area (Å²) in [7, 11) is 0. The monoisotopic (exact) mass is 474 g/mol. The summed E-state index contributed by atoms with van der Waals surface area (Å²) in [6.45, 7) is 4.43. The van der Waals surface area contributed by atoms with Crippen LogP contribution in [-0.4, -0.2) is 39.6 Å². The molecule has 180 valence electrons. The lowest BCUT2D eigenvalue weighted by atomic mass is 9.96. The van der Waals surface area contributed by atoms with Gasteiger partial charge in [-0.3, -0.25) is 9.59 Å². The number of hydrogen-bond donors (Lipinski definition) is 1. The van der Waals surface area contributed by atoms with Crippen molar-refractivity contribution in [3.8, 4) is 5.69 Å². The third kappa shape index (κ3) is 4.85. The van der Waals surface area contributed by atoms with E-state index >= 15 is 0 Å². The van der Waals surface area contributed by atoms with Crippen molar-refractivity contribution in [1.82, 2.24) is 20.0 Å². The van der Waals surface area contributed by atoms with E-state index in [-0.39, 0.29) is 23.4 Å². The Kier molecular flexibility index (Phi) is 6.49. The maximum Gasteiger partial charge on any atom is 0.416 e. The quantitative estimate of drug-likeness (QED) is 0.590. The van der Waals surface area contributed by atoms with Gasteiger partial charge in [0, 0.05) is 24.3 Å². The fourth-order valence-electron chi connectivity index (χ4n) is 4.28. The number of piperidine rings is 1. The van der Waals surface area contributed by atoms with Gasteiger partial charge in [0.05, 0.1) is 41.2 Å². The number of nitrogens with zero attached hydrogens (tertiary/aromatic N) is 3. The predicted molar refractivity (Wildman–Crippen MR) is 117 cm³/mol. The zero-order valence-corrected chi connectivity index (χ0v) is 18.8. The molecule has 3 aromatic rings. The lowest BCUT2D eigenvalue weighted by Gasteiger charge is -2.32. The fourth-order valence-corrected chi connectivity index (χ4v) is 4.28. The molecular weight excluding hydrogens is 449 g/mol. The van der Waals surface area contributed by atoms with Gasteiger partial charge in [0.15, 0.2) is 0 Å². The van der Waals surface area contributed by atoms with Gasteiger partial charge >= 0.3 is 6.18 Å². The zero-order valence-electron chi connectivity index (χ0n) is 18.8. The number of carbonyl (C=O) groups is 2. The highest BCUT2D eigenvalue weighted by Crippen LogP contribution is 2.31. The molecule has 1 aliphatic heterocycles. The Balaban J connectivity index is 1.44. The number of likely N-dealkylation sites (tertiary alicyclic amines) is 1. The van der Waals surface area contributed by atoms with Crippen molar-refractivity contribution in [2.75, 3.05) is 13.1 Å². The minimum atomic E-state index is -4.45. The van der Waals surface area contributed by atoms with E-state index in [9.17, 15) is 22.8 Å². The largest absolute Gasteiger partial charge is 0.472 e. The maximum atomic E-state index is 13.1. The van der Waals surface area contributed by atoms with Crippen molar-refractivity contribution in [3.05, 3.63) is 71.4 Å². The number of amides is 2. The second-order valence-corrected chi connectivity index (χ2v) is 8.48. The van der Waals surface area contributed by atoms with Crippen LogP contribution in [0.4, 0.5) is 13.2 Å². The second kappa shape index (κ2) is 9.36. The third-order valence-electron chi connectivity index (χ3n) is 6.14. The molecule has 10 heteroatoms. The Hall–Kier alpha value is -3.56. The molecule has 0 aliphatic carbocycles. The number of rotatable bonds is 5. The molecule has 0 radical (unpaired) electrons. The predicted octanol–water partition coefficient (Wildman–Crippen LogP) is 4.52. The topological polar surface area (TPSA) is 80.4 Å². The molecule has 2 aromatic heterocycles. The summed E-state index contributed by atoms with van der Waals surface area (Å²) in [5, 5.41) is 7.22. The van der Waals surface area contributed by atoms with Gasteiger partial charge in [0.2, 0.25) is 5.91 Å². The van der Waals surface area contributed by atoms with Crippen molar-refractivity contribution in [2.45, 2.75) is 38.9 Å². The van der Waals surface area contributed by atoms with E-state index in [0.717, 1.165) is 12.1 Å². The smallest absolute Gasteiger partial charge is 0.416 e. The molecule has 2 unspecified atom stereocenters. The summed E-state index contributed by atoms with van der Waals surface area (Å²) in [6, 6.07) is 6.13. The van der Waals surface area contributed by atoms with Crippen molar-refractivity contribution >= 4 is 11.8 Å². The number of nitrogens with one attached hydrogen (secondary N) is 1. The molecule has 2 atom stereocenters. The Morgan fingerprint density at radius 3 is 2.76 bits per heavy atom. The van der Waals surface area contributed by atoms with Crippen LogP contribution in [0.2, 0.25) is 0 Å². The molecule has 0 spiro atoms. The Bertz CT molecular complexity index is 1170. The Morgan fingerprint density at radius 2 is 2.06 bits per heavy atom. The number of carbonyl (C=O) groups excluding carboxylic acids is 2. The lowest BCUT2D eigenvalue weighted by molar-refractivity contribution is -0.137. The first-order chi connectivity index (χ1) is 16.1. The van der Waals surface area contributed by atoms with Crippen molar-refractivity contribution in [2.24, 2.45) is 5.92 Å². The molecule has 1 aliphatic rings. The average molecular weight is 474 g/mol. The molecule has 1 aromatic carbocycles. The highest BCUT2D eigenvalue weighted by atomic mass is 19.4. The molecule has 3 heterocycles. The first kappa shape index (κ1) is 23.6. The van der Waals surface area contributed by atoms with Gasteiger partial charge in [-0.1, -0.05) is 6.07 Å². The van der Waals surface area contributed by atoms with Crippen molar-refractivity contribution in [1.29, 1.82) is 0 Å². The lowest BCUT2D eigenvalue weighted by Crippen LogP contribution is -2.45. The fraction of sp³-hybridized carbons (Fsp3) is 0.375. The van der Waals surface area contributed by atoms with E-state index in [1.54, 1.807) is 37.1 Å². The molecule has 4 rings (SSSR count). The first-order valence-corrected chi connectivity index (χ1v) is 11.0. The van der Waals surface area contributed by atoms with Crippen LogP contribution in [0.5, 0.6) is 0 Å². The van der Waals surface area contributed by atoms with Crippen LogP contribution < -0.4 is 5.32 Å². The van der Waals surface area contributed by atoms with Crippen LogP contribution in [0.1, 0.15) is 53.0 Å². The minimum absolute atomic E-state index is 0.169. The Labute approximate surface area is 194 Å². The number of aromatic nitrogens is 2. The average Bonchev–Trinajstić information content (AvgIpc) is 3.48. The van der Waals surface area contributed by atoms with Gasteiger partial charge in [-0.2, -0.15) is 18.3 Å². The van der Waals surface area contributed by atoms with Crippen molar-refractivity contribution in [3.63, 3.8) is 0 Å². The van der Waals surface area contributed by atoms with Crippen LogP contribution in [0.25, 0.3) is 5.69 Å². The van der Waals surface area contributed by atoms with Crippen LogP contribution in [-0.2, 0) is 11.0 Å². The first-order valence-electron chi connectivity index (χ1n) is 11.0. The van der Waals surface area contributed by atoms with Gasteiger partial charge < -0.3 is 14.6 Å². The summed E-state index contributed by atoms with van der Waals surface area (Å²) in [4.78, 5) is 27.2. The van der Waals surface area contributed by atoms with E-state index in [4.69, 9.17) is 4.42 Å². The van der Waals surface area contributed by atoms with E-state index in [2.05, 4.69) is 10.4 Å². The Morgan fingerprint density at radius 1 is 1.26 bits per heavy atom. The van der Waals surface area contributed by atoms with Crippen LogP contribution in [0.15, 0.2) is 53.5 Å². The van der Waals surface area contributed by atoms with Gasteiger partial charge in [-0.25, -0.2) is 4.68 Å². The normalized spacial score (nSPS) is 17.4. The highest BCUT2D eigenvalue weighted by Gasteiger charge is 2.32. The van der Waals surface area contributed by atoms with E-state index in [1.807, 2.05) is 0 Å². The van der Waals surface area contributed by atoms with E-state index in [0.29, 0.717) is 42.8 Å².